The summed E-state index contributed by atoms with van der Waals surface area (Å²) in [6.07, 6.45) is -0.0803. The van der Waals surface area contributed by atoms with Crippen molar-refractivity contribution in [2.75, 3.05) is 0 Å². The molecule has 0 aliphatic heterocycles. The van der Waals surface area contributed by atoms with Gasteiger partial charge in [-0.1, -0.05) is 12.5 Å². The van der Waals surface area contributed by atoms with Gasteiger partial charge in [-0.15, -0.1) is 0 Å². The van der Waals surface area contributed by atoms with Crippen molar-refractivity contribution in [2.45, 2.75) is 38.2 Å². The first kappa shape index (κ1) is 21.9. The van der Waals surface area contributed by atoms with Gasteiger partial charge in [0.25, 0.3) is 12.0 Å². The van der Waals surface area contributed by atoms with Crippen molar-refractivity contribution in [1.82, 2.24) is 14.8 Å². The molecule has 1 aliphatic rings. The van der Waals surface area contributed by atoms with E-state index in [4.69, 9.17) is 0 Å². The zero-order chi connectivity index (χ0) is 22.8. The number of hydrogen-bond acceptors (Lipinski definition) is 5. The Kier molecular flexibility index (Phi) is 6.18. The molecule has 1 N–H and O–H groups in total. The Hall–Kier alpha value is -3.33. The number of hydrogen-bond donors (Lipinski definition) is 1. The molecule has 1 aliphatic carbocycles. The van der Waals surface area contributed by atoms with Gasteiger partial charge in [-0.05, 0) is 55.2 Å². The molecule has 0 spiro atoms. The minimum absolute atomic E-state index is 0.00835. The van der Waals surface area contributed by atoms with Crippen LogP contribution in [0.5, 0.6) is 0 Å². The van der Waals surface area contributed by atoms with Crippen LogP contribution in [0.4, 0.5) is 13.2 Å². The maximum Gasteiger partial charge on any atom is 0.282 e. The Labute approximate surface area is 181 Å². The normalized spacial score (nSPS) is 18.3. The molecule has 32 heavy (non-hydrogen) atoms. The third kappa shape index (κ3) is 4.47. The minimum Gasteiger partial charge on any atom is -0.393 e. The van der Waals surface area contributed by atoms with Gasteiger partial charge >= 0.3 is 0 Å². The molecule has 1 fully saturated rings. The SMILES string of the molecule is O=C(C[C@H]1CCC[C@H]1O)c1cc(-c2ccc(C(F)F)nc2)nn(-c2cccc(F)c2)c1=O. The number of aliphatic hydroxyl groups is 1. The van der Waals surface area contributed by atoms with Gasteiger partial charge in [0.15, 0.2) is 5.78 Å². The summed E-state index contributed by atoms with van der Waals surface area (Å²) in [5.41, 5.74) is -0.736. The average molecular weight is 443 g/mol. The van der Waals surface area contributed by atoms with Crippen LogP contribution in [-0.4, -0.2) is 31.8 Å². The predicted molar refractivity (Wildman–Crippen MR) is 110 cm³/mol. The highest BCUT2D eigenvalue weighted by molar-refractivity contribution is 5.96. The minimum atomic E-state index is -2.74. The van der Waals surface area contributed by atoms with Crippen LogP contribution >= 0.6 is 0 Å². The predicted octanol–water partition coefficient (Wildman–Crippen LogP) is 4.11. The molecule has 1 aromatic carbocycles. The molecule has 0 bridgehead atoms. The number of ketones is 1. The van der Waals surface area contributed by atoms with E-state index in [0.29, 0.717) is 18.4 Å². The van der Waals surface area contributed by atoms with Crippen LogP contribution in [-0.2, 0) is 0 Å². The fourth-order valence-corrected chi connectivity index (χ4v) is 3.91. The number of rotatable bonds is 6. The fraction of sp³-hybridized carbons (Fsp3) is 0.304. The molecule has 6 nitrogen and oxygen atoms in total. The van der Waals surface area contributed by atoms with Crippen LogP contribution in [0.15, 0.2) is 53.5 Å². The molecule has 2 atom stereocenters. The van der Waals surface area contributed by atoms with Crippen molar-refractivity contribution in [3.05, 3.63) is 76.1 Å². The summed E-state index contributed by atoms with van der Waals surface area (Å²) < 4.78 is 40.4. The van der Waals surface area contributed by atoms with Crippen LogP contribution in [0, 0.1) is 11.7 Å². The topological polar surface area (TPSA) is 85.1 Å². The molecule has 0 saturated heterocycles. The van der Waals surface area contributed by atoms with E-state index in [1.165, 1.54) is 36.5 Å². The summed E-state index contributed by atoms with van der Waals surface area (Å²) in [6, 6.07) is 8.97. The van der Waals surface area contributed by atoms with Crippen molar-refractivity contribution in [3.8, 4) is 16.9 Å². The van der Waals surface area contributed by atoms with Crippen LogP contribution in [0.3, 0.4) is 0 Å². The van der Waals surface area contributed by atoms with Crippen LogP contribution in [0.25, 0.3) is 16.9 Å². The second kappa shape index (κ2) is 9.04. The first-order valence-corrected chi connectivity index (χ1v) is 10.2. The van der Waals surface area contributed by atoms with Crippen molar-refractivity contribution in [1.29, 1.82) is 0 Å². The summed E-state index contributed by atoms with van der Waals surface area (Å²) in [4.78, 5) is 29.8. The Morgan fingerprint density at radius 1 is 1.19 bits per heavy atom. The van der Waals surface area contributed by atoms with E-state index in [0.717, 1.165) is 23.2 Å². The molecule has 1 saturated carbocycles. The molecule has 2 heterocycles. The molecule has 3 aromatic rings. The fourth-order valence-electron chi connectivity index (χ4n) is 3.91. The largest absolute Gasteiger partial charge is 0.393 e. The van der Waals surface area contributed by atoms with Crippen molar-refractivity contribution < 1.29 is 23.1 Å². The Morgan fingerprint density at radius 2 is 2.00 bits per heavy atom. The van der Waals surface area contributed by atoms with E-state index in [9.17, 15) is 27.9 Å². The molecule has 2 aromatic heterocycles. The van der Waals surface area contributed by atoms with E-state index >= 15 is 0 Å². The summed E-state index contributed by atoms with van der Waals surface area (Å²) >= 11 is 0. The first-order chi connectivity index (χ1) is 15.3. The van der Waals surface area contributed by atoms with Crippen molar-refractivity contribution in [3.63, 3.8) is 0 Å². The highest BCUT2D eigenvalue weighted by atomic mass is 19.3. The van der Waals surface area contributed by atoms with E-state index in [1.54, 1.807) is 0 Å². The van der Waals surface area contributed by atoms with Crippen LogP contribution in [0.2, 0.25) is 0 Å². The molecular formula is C23H20F3N3O3. The smallest absolute Gasteiger partial charge is 0.282 e. The van der Waals surface area contributed by atoms with Gasteiger partial charge in [0.2, 0.25) is 0 Å². The zero-order valence-corrected chi connectivity index (χ0v) is 16.9. The van der Waals surface area contributed by atoms with Gasteiger partial charge in [-0.25, -0.2) is 13.2 Å². The third-order valence-corrected chi connectivity index (χ3v) is 5.64. The van der Waals surface area contributed by atoms with Crippen LogP contribution in [0.1, 0.15) is 48.2 Å². The molecule has 0 amide bonds. The second-order valence-corrected chi connectivity index (χ2v) is 7.80. The Bertz CT molecular complexity index is 1200. The lowest BCUT2D eigenvalue weighted by Gasteiger charge is -2.14. The lowest BCUT2D eigenvalue weighted by molar-refractivity contribution is 0.0866. The quantitative estimate of drug-likeness (QED) is 0.580. The standard InChI is InChI=1S/C23H20F3N3O3/c24-15-4-2-5-16(10-15)29-23(32)17(21(31)9-13-3-1-6-20(13)30)11-19(28-29)14-7-8-18(22(25)26)27-12-14/h2,4-5,7-8,10-13,20,22,30H,1,3,6,9H2/t13-,20-/m1/s1. The number of carbonyl (C=O) groups is 1. The van der Waals surface area contributed by atoms with Gasteiger partial charge < -0.3 is 5.11 Å². The summed E-state index contributed by atoms with van der Waals surface area (Å²) in [7, 11) is 0. The van der Waals surface area contributed by atoms with E-state index < -0.39 is 35.4 Å². The molecular weight excluding hydrogens is 423 g/mol. The van der Waals surface area contributed by atoms with Crippen molar-refractivity contribution >= 4 is 5.78 Å². The van der Waals surface area contributed by atoms with Crippen molar-refractivity contribution in [2.24, 2.45) is 5.92 Å². The van der Waals surface area contributed by atoms with E-state index in [2.05, 4.69) is 10.1 Å². The molecule has 0 unspecified atom stereocenters. The number of carbonyl (C=O) groups excluding carboxylic acids is 1. The summed E-state index contributed by atoms with van der Waals surface area (Å²) in [5.74, 6) is -1.30. The lowest BCUT2D eigenvalue weighted by atomic mass is 9.95. The van der Waals surface area contributed by atoms with E-state index in [1.807, 2.05) is 0 Å². The van der Waals surface area contributed by atoms with Gasteiger partial charge in [0, 0.05) is 18.2 Å². The third-order valence-electron chi connectivity index (χ3n) is 5.64. The van der Waals surface area contributed by atoms with E-state index in [-0.39, 0.29) is 29.3 Å². The zero-order valence-electron chi connectivity index (χ0n) is 16.9. The number of nitrogens with zero attached hydrogens (tertiary/aromatic N) is 3. The number of halogens is 3. The number of Topliss-reactive ketones (excluding diaryl/α,β-unsaturated/α-hetero) is 1. The highest BCUT2D eigenvalue weighted by Gasteiger charge is 2.29. The maximum atomic E-state index is 13.8. The monoisotopic (exact) mass is 443 g/mol. The summed E-state index contributed by atoms with van der Waals surface area (Å²) in [6.45, 7) is 0. The Morgan fingerprint density at radius 3 is 2.62 bits per heavy atom. The van der Waals surface area contributed by atoms with Gasteiger partial charge in [-0.3, -0.25) is 14.6 Å². The number of aliphatic hydroxyl groups excluding tert-OH is 1. The van der Waals surface area contributed by atoms with Gasteiger partial charge in [-0.2, -0.15) is 9.78 Å². The van der Waals surface area contributed by atoms with Gasteiger partial charge in [0.05, 0.1) is 23.0 Å². The molecule has 9 heteroatoms. The molecule has 4 rings (SSSR count). The number of alkyl halides is 2. The second-order valence-electron chi connectivity index (χ2n) is 7.80. The lowest BCUT2D eigenvalue weighted by Crippen LogP contribution is -2.29. The van der Waals surface area contributed by atoms with Gasteiger partial charge in [0.1, 0.15) is 11.5 Å². The van der Waals surface area contributed by atoms with Crippen LogP contribution < -0.4 is 5.56 Å². The summed E-state index contributed by atoms with van der Waals surface area (Å²) in [5, 5.41) is 14.3. The average Bonchev–Trinajstić information content (AvgIpc) is 3.18. The Balaban J connectivity index is 1.81. The number of pyridine rings is 1. The first-order valence-electron chi connectivity index (χ1n) is 10.2. The number of aromatic nitrogens is 3. The maximum absolute atomic E-state index is 13.8. The molecule has 166 valence electrons. The molecule has 0 radical (unpaired) electrons. The highest BCUT2D eigenvalue weighted by Crippen LogP contribution is 2.29. The number of benzene rings is 1.